The molecule has 0 spiro atoms. The maximum Gasteiger partial charge on any atom is 0.0998 e. The lowest BCUT2D eigenvalue weighted by molar-refractivity contribution is 0.247. The first-order valence-electron chi connectivity index (χ1n) is 9.61. The Morgan fingerprint density at radius 3 is 2.56 bits per heavy atom. The van der Waals surface area contributed by atoms with Gasteiger partial charge >= 0.3 is 0 Å². The van der Waals surface area contributed by atoms with E-state index in [4.69, 9.17) is 0 Å². The monoisotopic (exact) mass is 359 g/mol. The molecule has 0 unspecified atom stereocenters. The van der Waals surface area contributed by atoms with Gasteiger partial charge in [-0.3, -0.25) is 4.68 Å². The molecule has 1 aromatic heterocycles. The second-order valence-corrected chi connectivity index (χ2v) is 7.26. The molecule has 0 bridgehead atoms. The highest BCUT2D eigenvalue weighted by atomic mass is 15.6. The number of aryl methyl sites for hydroxylation is 2. The predicted octanol–water partition coefficient (Wildman–Crippen LogP) is 4.16. The van der Waals surface area contributed by atoms with Gasteiger partial charge in [-0.05, 0) is 38.0 Å². The molecule has 138 valence electrons. The van der Waals surface area contributed by atoms with E-state index in [1.165, 1.54) is 30.6 Å². The summed E-state index contributed by atoms with van der Waals surface area (Å²) >= 11 is 0. The van der Waals surface area contributed by atoms with Crippen LogP contribution in [-0.2, 0) is 13.6 Å². The summed E-state index contributed by atoms with van der Waals surface area (Å²) in [4.78, 5) is 0. The average Bonchev–Trinajstić information content (AvgIpc) is 2.86. The zero-order valence-corrected chi connectivity index (χ0v) is 16.0. The molecular weight excluding hydrogens is 334 g/mol. The Kier molecular flexibility index (Phi) is 4.83. The lowest BCUT2D eigenvalue weighted by Gasteiger charge is -2.36. The molecule has 3 aromatic rings. The van der Waals surface area contributed by atoms with Crippen LogP contribution in [0.25, 0.3) is 10.8 Å². The van der Waals surface area contributed by atoms with Crippen molar-refractivity contribution in [1.82, 2.24) is 14.8 Å². The van der Waals surface area contributed by atoms with Crippen molar-refractivity contribution < 1.29 is 0 Å². The third kappa shape index (κ3) is 3.41. The van der Waals surface area contributed by atoms with Crippen LogP contribution in [0.2, 0.25) is 0 Å². The second kappa shape index (κ2) is 7.42. The fraction of sp³-hybridized carbons (Fsp3) is 0.364. The van der Waals surface area contributed by atoms with E-state index in [1.807, 2.05) is 36.9 Å². The molecule has 1 aliphatic rings. The van der Waals surface area contributed by atoms with E-state index in [2.05, 4.69) is 45.5 Å². The van der Waals surface area contributed by atoms with Crippen molar-refractivity contribution in [2.75, 3.05) is 18.1 Å². The predicted molar refractivity (Wildman–Crippen MR) is 108 cm³/mol. The number of benzene rings is 2. The molecule has 4 rings (SSSR count). The van der Waals surface area contributed by atoms with Crippen molar-refractivity contribution in [1.29, 1.82) is 5.26 Å². The summed E-state index contributed by atoms with van der Waals surface area (Å²) in [5.41, 5.74) is 4.19. The van der Waals surface area contributed by atoms with E-state index in [1.54, 1.807) is 0 Å². The molecule has 1 fully saturated rings. The molecule has 0 saturated carbocycles. The zero-order valence-electron chi connectivity index (χ0n) is 16.0. The number of fused-ring (bicyclic) bond motifs is 1. The number of rotatable bonds is 3. The second-order valence-electron chi connectivity index (χ2n) is 7.26. The largest absolute Gasteiger partial charge is 0.305 e. The SMILES string of the molecule is Cc1cc(CN2CCCCCN2c2ccc(C#N)c3ccccc23)n(C)n1. The van der Waals surface area contributed by atoms with Crippen molar-refractivity contribution in [2.24, 2.45) is 7.05 Å². The first kappa shape index (κ1) is 17.6. The highest BCUT2D eigenvalue weighted by Gasteiger charge is 2.22. The van der Waals surface area contributed by atoms with Gasteiger partial charge in [0.1, 0.15) is 0 Å². The normalized spacial score (nSPS) is 15.7. The maximum atomic E-state index is 9.48. The minimum absolute atomic E-state index is 0.734. The fourth-order valence-electron chi connectivity index (χ4n) is 4.04. The Morgan fingerprint density at radius 2 is 1.81 bits per heavy atom. The molecule has 0 N–H and O–H groups in total. The number of nitrogens with zero attached hydrogens (tertiary/aromatic N) is 5. The van der Waals surface area contributed by atoms with Crippen molar-refractivity contribution in [3.63, 3.8) is 0 Å². The Morgan fingerprint density at radius 1 is 1.04 bits per heavy atom. The molecule has 0 radical (unpaired) electrons. The van der Waals surface area contributed by atoms with Crippen LogP contribution in [-0.4, -0.2) is 27.9 Å². The highest BCUT2D eigenvalue weighted by molar-refractivity contribution is 5.97. The third-order valence-corrected chi connectivity index (χ3v) is 5.37. The Balaban J connectivity index is 1.76. The van der Waals surface area contributed by atoms with Crippen LogP contribution in [0.1, 0.15) is 36.2 Å². The lowest BCUT2D eigenvalue weighted by Crippen LogP contribution is -2.42. The van der Waals surface area contributed by atoms with Crippen LogP contribution in [0, 0.1) is 18.3 Å². The van der Waals surface area contributed by atoms with Crippen LogP contribution in [0.4, 0.5) is 5.69 Å². The van der Waals surface area contributed by atoms with E-state index in [-0.39, 0.29) is 0 Å². The summed E-state index contributed by atoms with van der Waals surface area (Å²) in [6.07, 6.45) is 3.61. The molecular formula is C22H25N5. The molecule has 27 heavy (non-hydrogen) atoms. The smallest absolute Gasteiger partial charge is 0.0998 e. The minimum atomic E-state index is 0.734. The van der Waals surface area contributed by atoms with Crippen molar-refractivity contribution >= 4 is 16.5 Å². The number of hydrazine groups is 1. The van der Waals surface area contributed by atoms with E-state index in [9.17, 15) is 5.26 Å². The Bertz CT molecular complexity index is 998. The van der Waals surface area contributed by atoms with E-state index in [0.29, 0.717) is 0 Å². The number of hydrogen-bond acceptors (Lipinski definition) is 4. The quantitative estimate of drug-likeness (QED) is 0.704. The first-order valence-corrected chi connectivity index (χ1v) is 9.61. The number of anilines is 1. The Labute approximate surface area is 160 Å². The summed E-state index contributed by atoms with van der Waals surface area (Å²) in [7, 11) is 2.02. The molecule has 2 heterocycles. The van der Waals surface area contributed by atoms with Gasteiger partial charge in [0.25, 0.3) is 0 Å². The van der Waals surface area contributed by atoms with Crippen LogP contribution in [0.3, 0.4) is 0 Å². The first-order chi connectivity index (χ1) is 13.2. The molecule has 1 aliphatic heterocycles. The molecule has 5 heteroatoms. The molecule has 0 aliphatic carbocycles. The van der Waals surface area contributed by atoms with Crippen LogP contribution in [0.15, 0.2) is 42.5 Å². The van der Waals surface area contributed by atoms with Crippen LogP contribution >= 0.6 is 0 Å². The zero-order chi connectivity index (χ0) is 18.8. The minimum Gasteiger partial charge on any atom is -0.305 e. The number of nitriles is 1. The van der Waals surface area contributed by atoms with Gasteiger partial charge in [0.05, 0.1) is 35.3 Å². The average molecular weight is 359 g/mol. The van der Waals surface area contributed by atoms with Gasteiger partial charge in [0.2, 0.25) is 0 Å². The third-order valence-electron chi connectivity index (χ3n) is 5.37. The number of hydrogen-bond donors (Lipinski definition) is 0. The van der Waals surface area contributed by atoms with Gasteiger partial charge in [-0.15, -0.1) is 0 Å². The van der Waals surface area contributed by atoms with Crippen molar-refractivity contribution in [2.45, 2.75) is 32.7 Å². The van der Waals surface area contributed by atoms with Crippen LogP contribution < -0.4 is 5.01 Å². The Hall–Kier alpha value is -2.84. The summed E-state index contributed by atoms with van der Waals surface area (Å²) in [6.45, 7) is 4.90. The molecule has 1 saturated heterocycles. The highest BCUT2D eigenvalue weighted by Crippen LogP contribution is 2.32. The molecule has 0 amide bonds. The van der Waals surface area contributed by atoms with E-state index >= 15 is 0 Å². The van der Waals surface area contributed by atoms with Gasteiger partial charge in [-0.2, -0.15) is 10.4 Å². The van der Waals surface area contributed by atoms with Gasteiger partial charge in [-0.1, -0.05) is 30.7 Å². The van der Waals surface area contributed by atoms with Gasteiger partial charge in [0, 0.05) is 30.9 Å². The lowest BCUT2D eigenvalue weighted by atomic mass is 10.0. The molecule has 0 atom stereocenters. The molecule has 5 nitrogen and oxygen atoms in total. The summed E-state index contributed by atoms with van der Waals surface area (Å²) in [5, 5.41) is 21.0. The number of aromatic nitrogens is 2. The van der Waals surface area contributed by atoms with Gasteiger partial charge < -0.3 is 5.01 Å². The van der Waals surface area contributed by atoms with Gasteiger partial charge in [-0.25, -0.2) is 5.01 Å². The van der Waals surface area contributed by atoms with Gasteiger partial charge in [0.15, 0.2) is 0 Å². The van der Waals surface area contributed by atoms with Crippen LogP contribution in [0.5, 0.6) is 0 Å². The maximum absolute atomic E-state index is 9.48. The summed E-state index contributed by atoms with van der Waals surface area (Å²) in [5.74, 6) is 0. The van der Waals surface area contributed by atoms with Crippen molar-refractivity contribution in [3.05, 3.63) is 59.4 Å². The van der Waals surface area contributed by atoms with E-state index < -0.39 is 0 Å². The fourth-order valence-corrected chi connectivity index (χ4v) is 4.04. The topological polar surface area (TPSA) is 48.1 Å². The molecule has 2 aromatic carbocycles. The summed E-state index contributed by atoms with van der Waals surface area (Å²) in [6, 6.07) is 16.8. The summed E-state index contributed by atoms with van der Waals surface area (Å²) < 4.78 is 1.98. The van der Waals surface area contributed by atoms with Crippen molar-refractivity contribution in [3.8, 4) is 6.07 Å². The standard InChI is InChI=1S/C22H25N5/c1-17-14-19(25(2)24-17)16-26-12-6-3-7-13-27(26)22-11-10-18(15-23)20-8-4-5-9-21(20)22/h4-5,8-11,14H,3,6-7,12-13,16H2,1-2H3. The van der Waals surface area contributed by atoms with E-state index in [0.717, 1.165) is 41.7 Å².